The fourth-order valence-corrected chi connectivity index (χ4v) is 4.20. The van der Waals surface area contributed by atoms with Crippen LogP contribution in [0.25, 0.3) is 10.6 Å². The summed E-state index contributed by atoms with van der Waals surface area (Å²) in [5.41, 5.74) is 9.99. The summed E-state index contributed by atoms with van der Waals surface area (Å²) in [6, 6.07) is 11.4. The lowest BCUT2D eigenvalue weighted by atomic mass is 10.1. The second-order valence-corrected chi connectivity index (χ2v) is 8.17. The van der Waals surface area contributed by atoms with Crippen molar-refractivity contribution in [3.8, 4) is 22.1 Å². The number of hydrogen-bond donors (Lipinski definition) is 2. The van der Waals surface area contributed by atoms with Crippen molar-refractivity contribution in [1.82, 2.24) is 10.3 Å². The van der Waals surface area contributed by atoms with Crippen LogP contribution in [0.3, 0.4) is 0 Å². The molecule has 0 saturated carbocycles. The molecule has 3 rings (SSSR count). The maximum Gasteiger partial charge on any atom is 0.263 e. The zero-order chi connectivity index (χ0) is 22.5. The number of nitrogens with zero attached hydrogens (tertiary/aromatic N) is 1. The summed E-state index contributed by atoms with van der Waals surface area (Å²) in [5, 5.41) is 3.76. The summed E-state index contributed by atoms with van der Waals surface area (Å²) in [4.78, 5) is 28.9. The topological polar surface area (TPSA) is 104 Å². The molecule has 1 heterocycles. The van der Waals surface area contributed by atoms with Crippen LogP contribution in [-0.4, -0.2) is 30.5 Å². The molecule has 0 bridgehead atoms. The summed E-state index contributed by atoms with van der Waals surface area (Å²) in [5.74, 6) is 0.115. The van der Waals surface area contributed by atoms with Crippen LogP contribution in [0.5, 0.6) is 11.5 Å². The Kier molecular flexibility index (Phi) is 6.91. The summed E-state index contributed by atoms with van der Waals surface area (Å²) in [7, 11) is 1.50. The van der Waals surface area contributed by atoms with Gasteiger partial charge in [0, 0.05) is 12.1 Å². The number of rotatable bonds is 8. The quantitative estimate of drug-likeness (QED) is 0.559. The third kappa shape index (κ3) is 5.40. The molecule has 7 nitrogen and oxygen atoms in total. The highest BCUT2D eigenvalue weighted by atomic mass is 32.1. The Bertz CT molecular complexity index is 1120. The van der Waals surface area contributed by atoms with Gasteiger partial charge >= 0.3 is 0 Å². The molecular weight excluding hydrogens is 414 g/mol. The van der Waals surface area contributed by atoms with Crippen LogP contribution in [0.2, 0.25) is 0 Å². The van der Waals surface area contributed by atoms with E-state index in [-0.39, 0.29) is 12.5 Å². The standard InChI is InChI=1S/C23H25N3O4S/c1-13-5-7-17(14(2)9-13)23-26-15(3)21(31-23)22(28)25-11-16-6-8-18(19(10-16)29-4)30-12-20(24)27/h5-10H,11-12H2,1-4H3,(H2,24,27)(H,25,28). The monoisotopic (exact) mass is 439 g/mol. The number of carbonyl (C=O) groups excluding carboxylic acids is 2. The predicted octanol–water partition coefficient (Wildman–Crippen LogP) is 3.54. The maximum atomic E-state index is 12.8. The summed E-state index contributed by atoms with van der Waals surface area (Å²) < 4.78 is 10.6. The van der Waals surface area contributed by atoms with E-state index >= 15 is 0 Å². The van der Waals surface area contributed by atoms with Gasteiger partial charge in [-0.05, 0) is 44.0 Å². The number of methoxy groups -OCH3 is 1. The molecule has 3 aromatic rings. The number of ether oxygens (including phenoxy) is 2. The molecule has 0 unspecified atom stereocenters. The maximum absolute atomic E-state index is 12.8. The van der Waals surface area contributed by atoms with Crippen molar-refractivity contribution in [3.05, 3.63) is 63.7 Å². The molecule has 1 aromatic heterocycles. The minimum Gasteiger partial charge on any atom is -0.493 e. The Hall–Kier alpha value is -3.39. The Morgan fingerprint density at radius 3 is 2.55 bits per heavy atom. The smallest absolute Gasteiger partial charge is 0.263 e. The van der Waals surface area contributed by atoms with Gasteiger partial charge in [0.25, 0.3) is 11.8 Å². The first-order valence-corrected chi connectivity index (χ1v) is 10.5. The van der Waals surface area contributed by atoms with E-state index in [9.17, 15) is 9.59 Å². The second-order valence-electron chi connectivity index (χ2n) is 7.17. The molecule has 2 aromatic carbocycles. The Morgan fingerprint density at radius 2 is 1.87 bits per heavy atom. The van der Waals surface area contributed by atoms with Crippen LogP contribution in [0.15, 0.2) is 36.4 Å². The Balaban J connectivity index is 1.71. The molecule has 3 N–H and O–H groups in total. The van der Waals surface area contributed by atoms with Gasteiger partial charge < -0.3 is 20.5 Å². The lowest BCUT2D eigenvalue weighted by Gasteiger charge is -2.11. The van der Waals surface area contributed by atoms with Gasteiger partial charge in [-0.1, -0.05) is 29.8 Å². The average molecular weight is 440 g/mol. The number of benzene rings is 2. The Morgan fingerprint density at radius 1 is 1.10 bits per heavy atom. The number of amides is 2. The van der Waals surface area contributed by atoms with Gasteiger partial charge in [0.2, 0.25) is 0 Å². The molecule has 162 valence electrons. The van der Waals surface area contributed by atoms with Crippen molar-refractivity contribution in [2.24, 2.45) is 5.73 Å². The van der Waals surface area contributed by atoms with Crippen LogP contribution < -0.4 is 20.5 Å². The minimum atomic E-state index is -0.571. The van der Waals surface area contributed by atoms with Gasteiger partial charge in [-0.15, -0.1) is 11.3 Å². The molecule has 2 amide bonds. The number of hydrogen-bond acceptors (Lipinski definition) is 6. The van der Waals surface area contributed by atoms with Gasteiger partial charge in [0.05, 0.1) is 12.8 Å². The number of thiazole rings is 1. The van der Waals surface area contributed by atoms with Crippen molar-refractivity contribution < 1.29 is 19.1 Å². The molecule has 0 aliphatic heterocycles. The number of aromatic nitrogens is 1. The molecule has 0 aliphatic carbocycles. The molecule has 0 atom stereocenters. The van der Waals surface area contributed by atoms with Crippen LogP contribution in [-0.2, 0) is 11.3 Å². The molecule has 0 spiro atoms. The fraction of sp³-hybridized carbons (Fsp3) is 0.261. The van der Waals surface area contributed by atoms with Crippen molar-refractivity contribution in [3.63, 3.8) is 0 Å². The minimum absolute atomic E-state index is 0.181. The number of nitrogens with two attached hydrogens (primary N) is 1. The molecule has 31 heavy (non-hydrogen) atoms. The normalized spacial score (nSPS) is 10.6. The van der Waals surface area contributed by atoms with E-state index in [1.165, 1.54) is 24.0 Å². The third-order valence-electron chi connectivity index (χ3n) is 4.67. The van der Waals surface area contributed by atoms with E-state index in [1.54, 1.807) is 18.2 Å². The van der Waals surface area contributed by atoms with Crippen LogP contribution in [0, 0.1) is 20.8 Å². The number of primary amides is 1. The third-order valence-corrected chi connectivity index (χ3v) is 5.86. The molecular formula is C23H25N3O4S. The van der Waals surface area contributed by atoms with Crippen LogP contribution in [0.4, 0.5) is 0 Å². The van der Waals surface area contributed by atoms with Gasteiger partial charge in [-0.3, -0.25) is 9.59 Å². The zero-order valence-corrected chi connectivity index (χ0v) is 18.8. The van der Waals surface area contributed by atoms with Gasteiger partial charge in [0.15, 0.2) is 18.1 Å². The van der Waals surface area contributed by atoms with Crippen molar-refractivity contribution >= 4 is 23.2 Å². The van der Waals surface area contributed by atoms with E-state index in [0.29, 0.717) is 28.6 Å². The average Bonchev–Trinajstić information content (AvgIpc) is 3.11. The Labute approximate surface area is 185 Å². The second kappa shape index (κ2) is 9.61. The van der Waals surface area contributed by atoms with Crippen molar-refractivity contribution in [2.45, 2.75) is 27.3 Å². The summed E-state index contributed by atoms with van der Waals surface area (Å²) >= 11 is 1.38. The fourth-order valence-electron chi connectivity index (χ4n) is 3.13. The number of nitrogens with one attached hydrogen (secondary N) is 1. The first-order valence-electron chi connectivity index (χ1n) is 9.69. The molecule has 0 fully saturated rings. The van der Waals surface area contributed by atoms with Crippen molar-refractivity contribution in [2.75, 3.05) is 13.7 Å². The van der Waals surface area contributed by atoms with Gasteiger partial charge in [0.1, 0.15) is 9.88 Å². The summed E-state index contributed by atoms with van der Waals surface area (Å²) in [6.07, 6.45) is 0. The van der Waals surface area contributed by atoms with Crippen LogP contribution in [0.1, 0.15) is 32.1 Å². The summed E-state index contributed by atoms with van der Waals surface area (Å²) in [6.45, 7) is 6.00. The first-order chi connectivity index (χ1) is 14.8. The highest BCUT2D eigenvalue weighted by Gasteiger charge is 2.17. The number of carbonyl (C=O) groups is 2. The number of aryl methyl sites for hydroxylation is 3. The highest BCUT2D eigenvalue weighted by molar-refractivity contribution is 7.17. The van der Waals surface area contributed by atoms with E-state index in [2.05, 4.69) is 16.4 Å². The van der Waals surface area contributed by atoms with E-state index < -0.39 is 5.91 Å². The molecule has 0 saturated heterocycles. The van der Waals surface area contributed by atoms with E-state index in [4.69, 9.17) is 15.2 Å². The van der Waals surface area contributed by atoms with Gasteiger partial charge in [-0.2, -0.15) is 0 Å². The van der Waals surface area contributed by atoms with E-state index in [0.717, 1.165) is 21.7 Å². The molecule has 8 heteroatoms. The van der Waals surface area contributed by atoms with Crippen LogP contribution >= 0.6 is 11.3 Å². The van der Waals surface area contributed by atoms with Gasteiger partial charge in [-0.25, -0.2) is 4.98 Å². The zero-order valence-electron chi connectivity index (χ0n) is 17.9. The largest absolute Gasteiger partial charge is 0.493 e. The highest BCUT2D eigenvalue weighted by Crippen LogP contribution is 2.31. The van der Waals surface area contributed by atoms with E-state index in [1.807, 2.05) is 32.9 Å². The SMILES string of the molecule is COc1cc(CNC(=O)c2sc(-c3ccc(C)cc3C)nc2C)ccc1OCC(N)=O. The lowest BCUT2D eigenvalue weighted by molar-refractivity contribution is -0.119. The molecule has 0 radical (unpaired) electrons. The first kappa shape index (κ1) is 22.3. The van der Waals surface area contributed by atoms with Crippen molar-refractivity contribution in [1.29, 1.82) is 0 Å². The molecule has 0 aliphatic rings. The lowest BCUT2D eigenvalue weighted by Crippen LogP contribution is -2.22. The predicted molar refractivity (Wildman–Crippen MR) is 121 cm³/mol.